The second-order valence-corrected chi connectivity index (χ2v) is 8.16. The number of hydrogen-bond acceptors (Lipinski definition) is 6. The molecule has 34 heavy (non-hydrogen) atoms. The fourth-order valence-electron chi connectivity index (χ4n) is 4.15. The standard InChI is InChI=1S/C26H29FN4O3/c1-33-17-23-21(16-20-10-6-7-11-22(20)27)26(29-25(28-23)19-8-4-3-5-9-19)31-14-12-30(13-15-31)24(32)18-34-2/h3-11H,12-18H2,1-2H3. The molecule has 0 N–H and O–H groups in total. The van der Waals surface area contributed by atoms with Crippen LogP contribution in [-0.4, -0.2) is 67.8 Å². The van der Waals surface area contributed by atoms with Gasteiger partial charge in [0, 0.05) is 57.9 Å². The molecular weight excluding hydrogens is 435 g/mol. The molecule has 0 spiro atoms. The van der Waals surface area contributed by atoms with E-state index in [2.05, 4.69) is 4.90 Å². The lowest BCUT2D eigenvalue weighted by atomic mass is 10.0. The zero-order valence-corrected chi connectivity index (χ0v) is 19.5. The lowest BCUT2D eigenvalue weighted by Gasteiger charge is -2.36. The molecule has 7 nitrogen and oxygen atoms in total. The van der Waals surface area contributed by atoms with Crippen LogP contribution in [0.1, 0.15) is 16.8 Å². The summed E-state index contributed by atoms with van der Waals surface area (Å²) in [7, 11) is 3.14. The number of nitrogens with zero attached hydrogens (tertiary/aromatic N) is 4. The third-order valence-electron chi connectivity index (χ3n) is 5.91. The molecule has 0 unspecified atom stereocenters. The molecule has 178 valence electrons. The number of halogens is 1. The number of hydrogen-bond donors (Lipinski definition) is 0. The third-order valence-corrected chi connectivity index (χ3v) is 5.91. The number of ether oxygens (including phenoxy) is 2. The maximum atomic E-state index is 14.6. The van der Waals surface area contributed by atoms with Crippen LogP contribution in [0.5, 0.6) is 0 Å². The van der Waals surface area contributed by atoms with Crippen molar-refractivity contribution in [2.45, 2.75) is 13.0 Å². The average Bonchev–Trinajstić information content (AvgIpc) is 2.87. The van der Waals surface area contributed by atoms with Gasteiger partial charge in [0.15, 0.2) is 5.82 Å². The van der Waals surface area contributed by atoms with E-state index in [0.717, 1.165) is 22.6 Å². The molecule has 0 aliphatic carbocycles. The number of anilines is 1. The van der Waals surface area contributed by atoms with Crippen molar-refractivity contribution in [2.75, 3.05) is 51.9 Å². The Labute approximate surface area is 199 Å². The molecule has 8 heteroatoms. The van der Waals surface area contributed by atoms with E-state index in [1.807, 2.05) is 36.4 Å². The van der Waals surface area contributed by atoms with E-state index in [4.69, 9.17) is 19.4 Å². The van der Waals surface area contributed by atoms with Gasteiger partial charge in [0.1, 0.15) is 18.2 Å². The zero-order chi connectivity index (χ0) is 23.9. The number of carbonyl (C=O) groups excluding carboxylic acids is 1. The summed E-state index contributed by atoms with van der Waals surface area (Å²) < 4.78 is 25.1. The number of carbonyl (C=O) groups is 1. The highest BCUT2D eigenvalue weighted by Crippen LogP contribution is 2.29. The number of methoxy groups -OCH3 is 2. The summed E-state index contributed by atoms with van der Waals surface area (Å²) >= 11 is 0. The SMILES string of the molecule is COCC(=O)N1CCN(c2nc(-c3ccccc3)nc(COC)c2Cc2ccccc2F)CC1. The largest absolute Gasteiger partial charge is 0.378 e. The van der Waals surface area contributed by atoms with Gasteiger partial charge in [0.25, 0.3) is 0 Å². The normalized spacial score (nSPS) is 13.9. The minimum absolute atomic E-state index is 0.0264. The van der Waals surface area contributed by atoms with E-state index in [1.165, 1.54) is 13.2 Å². The molecule has 1 amide bonds. The van der Waals surface area contributed by atoms with Gasteiger partial charge in [-0.15, -0.1) is 0 Å². The highest BCUT2D eigenvalue weighted by Gasteiger charge is 2.26. The van der Waals surface area contributed by atoms with E-state index in [1.54, 1.807) is 24.1 Å². The summed E-state index contributed by atoms with van der Waals surface area (Å²) in [6, 6.07) is 16.5. The topological polar surface area (TPSA) is 67.8 Å². The Kier molecular flexibility index (Phi) is 7.82. The molecule has 0 saturated carbocycles. The Morgan fingerprint density at radius 2 is 1.65 bits per heavy atom. The predicted molar refractivity (Wildman–Crippen MR) is 128 cm³/mol. The summed E-state index contributed by atoms with van der Waals surface area (Å²) in [5.41, 5.74) is 3.04. The summed E-state index contributed by atoms with van der Waals surface area (Å²) in [6.45, 7) is 2.69. The average molecular weight is 465 g/mol. The van der Waals surface area contributed by atoms with Gasteiger partial charge in [0.2, 0.25) is 5.91 Å². The Hall–Kier alpha value is -3.36. The van der Waals surface area contributed by atoms with Gasteiger partial charge in [-0.2, -0.15) is 0 Å². The zero-order valence-electron chi connectivity index (χ0n) is 19.5. The van der Waals surface area contributed by atoms with Crippen molar-refractivity contribution in [3.05, 3.63) is 77.2 Å². The summed E-state index contributed by atoms with van der Waals surface area (Å²) in [5, 5.41) is 0. The highest BCUT2D eigenvalue weighted by molar-refractivity contribution is 5.77. The molecular formula is C26H29FN4O3. The molecule has 1 aliphatic rings. The maximum absolute atomic E-state index is 14.6. The van der Waals surface area contributed by atoms with E-state index in [-0.39, 0.29) is 24.9 Å². The van der Waals surface area contributed by atoms with Crippen LogP contribution < -0.4 is 4.90 Å². The van der Waals surface area contributed by atoms with Crippen LogP contribution in [0.2, 0.25) is 0 Å². The molecule has 0 bridgehead atoms. The molecule has 1 fully saturated rings. The second kappa shape index (κ2) is 11.2. The molecule has 1 saturated heterocycles. The minimum atomic E-state index is -0.265. The lowest BCUT2D eigenvalue weighted by Crippen LogP contribution is -2.50. The molecule has 0 radical (unpaired) electrons. The molecule has 4 rings (SSSR count). The number of piperazine rings is 1. The lowest BCUT2D eigenvalue weighted by molar-refractivity contribution is -0.135. The van der Waals surface area contributed by atoms with Crippen LogP contribution in [0.15, 0.2) is 54.6 Å². The van der Waals surface area contributed by atoms with Gasteiger partial charge in [-0.05, 0) is 11.6 Å². The van der Waals surface area contributed by atoms with Crippen molar-refractivity contribution in [3.63, 3.8) is 0 Å². The fraction of sp³-hybridized carbons (Fsp3) is 0.346. The summed E-state index contributed by atoms with van der Waals surface area (Å²) in [4.78, 5) is 26.0. The van der Waals surface area contributed by atoms with Crippen LogP contribution in [-0.2, 0) is 27.3 Å². The number of rotatable bonds is 8. The molecule has 1 aromatic heterocycles. The highest BCUT2D eigenvalue weighted by atomic mass is 19.1. The molecule has 2 heterocycles. The van der Waals surface area contributed by atoms with E-state index in [0.29, 0.717) is 44.0 Å². The third kappa shape index (κ3) is 5.40. The van der Waals surface area contributed by atoms with Gasteiger partial charge >= 0.3 is 0 Å². The number of amides is 1. The van der Waals surface area contributed by atoms with Crippen molar-refractivity contribution in [1.82, 2.24) is 14.9 Å². The fourth-order valence-corrected chi connectivity index (χ4v) is 4.15. The first-order valence-electron chi connectivity index (χ1n) is 11.3. The van der Waals surface area contributed by atoms with Crippen LogP contribution in [0.25, 0.3) is 11.4 Å². The van der Waals surface area contributed by atoms with E-state index < -0.39 is 0 Å². The van der Waals surface area contributed by atoms with Crippen molar-refractivity contribution < 1.29 is 18.7 Å². The van der Waals surface area contributed by atoms with Crippen LogP contribution in [0.3, 0.4) is 0 Å². The van der Waals surface area contributed by atoms with Crippen molar-refractivity contribution >= 4 is 11.7 Å². The van der Waals surface area contributed by atoms with Gasteiger partial charge in [-0.1, -0.05) is 48.5 Å². The molecule has 0 atom stereocenters. The Bertz CT molecular complexity index is 1120. The van der Waals surface area contributed by atoms with Gasteiger partial charge in [-0.25, -0.2) is 14.4 Å². The maximum Gasteiger partial charge on any atom is 0.248 e. The number of benzene rings is 2. The summed E-state index contributed by atoms with van der Waals surface area (Å²) in [6.07, 6.45) is 0.346. The van der Waals surface area contributed by atoms with Gasteiger partial charge in [0.05, 0.1) is 12.3 Å². The first-order valence-corrected chi connectivity index (χ1v) is 11.3. The monoisotopic (exact) mass is 464 g/mol. The van der Waals surface area contributed by atoms with Crippen LogP contribution in [0.4, 0.5) is 10.2 Å². The predicted octanol–water partition coefficient (Wildman–Crippen LogP) is 3.31. The minimum Gasteiger partial charge on any atom is -0.378 e. The number of aromatic nitrogens is 2. The van der Waals surface area contributed by atoms with Gasteiger partial charge < -0.3 is 19.3 Å². The quantitative estimate of drug-likeness (QED) is 0.510. The smallest absolute Gasteiger partial charge is 0.248 e. The summed E-state index contributed by atoms with van der Waals surface area (Å²) in [5.74, 6) is 1.06. The van der Waals surface area contributed by atoms with Gasteiger partial charge in [-0.3, -0.25) is 4.79 Å². The van der Waals surface area contributed by atoms with Crippen molar-refractivity contribution in [2.24, 2.45) is 0 Å². The molecule has 2 aromatic carbocycles. The van der Waals surface area contributed by atoms with E-state index in [9.17, 15) is 9.18 Å². The van der Waals surface area contributed by atoms with Crippen molar-refractivity contribution in [3.8, 4) is 11.4 Å². The Morgan fingerprint density at radius 1 is 0.941 bits per heavy atom. The second-order valence-electron chi connectivity index (χ2n) is 8.16. The Balaban J connectivity index is 1.74. The van der Waals surface area contributed by atoms with Crippen LogP contribution >= 0.6 is 0 Å². The Morgan fingerprint density at radius 3 is 2.32 bits per heavy atom. The first kappa shape index (κ1) is 23.8. The van der Waals surface area contributed by atoms with Crippen molar-refractivity contribution in [1.29, 1.82) is 0 Å². The van der Waals surface area contributed by atoms with Crippen LogP contribution in [0, 0.1) is 5.82 Å². The molecule has 1 aliphatic heterocycles. The first-order chi connectivity index (χ1) is 16.6. The van der Waals surface area contributed by atoms with E-state index >= 15 is 0 Å². The molecule has 3 aromatic rings.